The van der Waals surface area contributed by atoms with Gasteiger partial charge in [-0.1, -0.05) is 20.8 Å². The summed E-state index contributed by atoms with van der Waals surface area (Å²) < 4.78 is 37.7. The lowest BCUT2D eigenvalue weighted by Gasteiger charge is -2.35. The summed E-state index contributed by atoms with van der Waals surface area (Å²) >= 11 is 0. The van der Waals surface area contributed by atoms with E-state index in [1.165, 1.54) is 12.1 Å². The summed E-state index contributed by atoms with van der Waals surface area (Å²) in [6.45, 7) is 6.46. The first kappa shape index (κ1) is 19.3. The van der Waals surface area contributed by atoms with Gasteiger partial charge in [-0.05, 0) is 37.1 Å². The van der Waals surface area contributed by atoms with Gasteiger partial charge in [-0.2, -0.15) is 13.2 Å². The molecule has 1 aliphatic heterocycles. The van der Waals surface area contributed by atoms with Crippen LogP contribution in [0.4, 0.5) is 18.9 Å². The van der Waals surface area contributed by atoms with E-state index in [1.54, 1.807) is 4.90 Å². The Morgan fingerprint density at radius 3 is 2.24 bits per heavy atom. The molecule has 1 aliphatic rings. The third-order valence-electron chi connectivity index (χ3n) is 4.20. The molecule has 0 aromatic heterocycles. The summed E-state index contributed by atoms with van der Waals surface area (Å²) in [7, 11) is 0. The molecular formula is C18H23F3N2O2. The van der Waals surface area contributed by atoms with Crippen LogP contribution in [0, 0.1) is 11.3 Å². The second-order valence-corrected chi connectivity index (χ2v) is 7.40. The molecule has 0 saturated carbocycles. The van der Waals surface area contributed by atoms with Gasteiger partial charge in [0.1, 0.15) is 0 Å². The number of piperidine rings is 1. The van der Waals surface area contributed by atoms with Crippen LogP contribution in [0.2, 0.25) is 0 Å². The van der Waals surface area contributed by atoms with E-state index in [9.17, 15) is 22.8 Å². The largest absolute Gasteiger partial charge is 0.416 e. The molecule has 0 bridgehead atoms. The molecule has 7 heteroatoms. The Morgan fingerprint density at radius 1 is 1.12 bits per heavy atom. The highest BCUT2D eigenvalue weighted by molar-refractivity contribution is 5.93. The third kappa shape index (κ3) is 4.96. The van der Waals surface area contributed by atoms with E-state index in [0.717, 1.165) is 18.6 Å². The van der Waals surface area contributed by atoms with E-state index in [0.29, 0.717) is 25.2 Å². The summed E-state index contributed by atoms with van der Waals surface area (Å²) in [4.78, 5) is 26.5. The SMILES string of the molecule is CC(C)(C)C(=O)N1CCCC(C(=O)Nc2ccc(C(F)(F)F)cc2)C1. The lowest BCUT2D eigenvalue weighted by atomic mass is 9.91. The standard InChI is InChI=1S/C18H23F3N2O2/c1-17(2,3)16(25)23-10-4-5-12(11-23)15(24)22-14-8-6-13(7-9-14)18(19,20)21/h6-9,12H,4-5,10-11H2,1-3H3,(H,22,24). The van der Waals surface area contributed by atoms with Crippen LogP contribution in [0.1, 0.15) is 39.2 Å². The second-order valence-electron chi connectivity index (χ2n) is 7.40. The van der Waals surface area contributed by atoms with Gasteiger partial charge in [-0.15, -0.1) is 0 Å². The number of halogens is 3. The van der Waals surface area contributed by atoms with Crippen molar-refractivity contribution in [3.63, 3.8) is 0 Å². The lowest BCUT2D eigenvalue weighted by Crippen LogP contribution is -2.47. The van der Waals surface area contributed by atoms with Crippen LogP contribution in [-0.2, 0) is 15.8 Å². The number of hydrogen-bond acceptors (Lipinski definition) is 2. The van der Waals surface area contributed by atoms with Crippen molar-refractivity contribution in [3.05, 3.63) is 29.8 Å². The van der Waals surface area contributed by atoms with Gasteiger partial charge in [-0.3, -0.25) is 9.59 Å². The molecule has 2 amide bonds. The maximum Gasteiger partial charge on any atom is 0.416 e. The van der Waals surface area contributed by atoms with E-state index >= 15 is 0 Å². The molecule has 4 nitrogen and oxygen atoms in total. The molecule has 1 atom stereocenters. The molecule has 1 saturated heterocycles. The van der Waals surface area contributed by atoms with E-state index < -0.39 is 17.2 Å². The van der Waals surface area contributed by atoms with E-state index in [-0.39, 0.29) is 17.7 Å². The van der Waals surface area contributed by atoms with Gasteiger partial charge in [0.15, 0.2) is 0 Å². The molecule has 1 aromatic carbocycles. The summed E-state index contributed by atoms with van der Waals surface area (Å²) in [6.07, 6.45) is -3.02. The average Bonchev–Trinajstić information content (AvgIpc) is 2.53. The minimum absolute atomic E-state index is 0.000435. The predicted molar refractivity (Wildman–Crippen MR) is 88.8 cm³/mol. The van der Waals surface area contributed by atoms with Crippen LogP contribution in [0.25, 0.3) is 0 Å². The van der Waals surface area contributed by atoms with E-state index in [1.807, 2.05) is 20.8 Å². The van der Waals surface area contributed by atoms with Crippen LogP contribution in [0.5, 0.6) is 0 Å². The van der Waals surface area contributed by atoms with Crippen molar-refractivity contribution in [2.24, 2.45) is 11.3 Å². The quantitative estimate of drug-likeness (QED) is 0.873. The second kappa shape index (κ2) is 7.06. The van der Waals surface area contributed by atoms with Crippen molar-refractivity contribution >= 4 is 17.5 Å². The van der Waals surface area contributed by atoms with Crippen LogP contribution in [0.15, 0.2) is 24.3 Å². The zero-order valence-corrected chi connectivity index (χ0v) is 14.6. The molecule has 2 rings (SSSR count). The molecule has 25 heavy (non-hydrogen) atoms. The monoisotopic (exact) mass is 356 g/mol. The zero-order valence-electron chi connectivity index (χ0n) is 14.6. The first-order valence-corrected chi connectivity index (χ1v) is 8.26. The van der Waals surface area contributed by atoms with Crippen molar-refractivity contribution in [1.29, 1.82) is 0 Å². The fourth-order valence-electron chi connectivity index (χ4n) is 2.84. The Labute approximate surface area is 145 Å². The highest BCUT2D eigenvalue weighted by Crippen LogP contribution is 2.30. The predicted octanol–water partition coefficient (Wildman–Crippen LogP) is 3.93. The van der Waals surface area contributed by atoms with Gasteiger partial charge in [0.05, 0.1) is 11.5 Å². The van der Waals surface area contributed by atoms with Crippen LogP contribution in [-0.4, -0.2) is 29.8 Å². The highest BCUT2D eigenvalue weighted by atomic mass is 19.4. The molecule has 0 radical (unpaired) electrons. The molecule has 0 spiro atoms. The number of amides is 2. The maximum absolute atomic E-state index is 12.6. The Balaban J connectivity index is 1.99. The third-order valence-corrected chi connectivity index (χ3v) is 4.20. The number of carbonyl (C=O) groups excluding carboxylic acids is 2. The van der Waals surface area contributed by atoms with Crippen molar-refractivity contribution in [2.75, 3.05) is 18.4 Å². The summed E-state index contributed by atoms with van der Waals surface area (Å²) in [5, 5.41) is 2.64. The number of likely N-dealkylation sites (tertiary alicyclic amines) is 1. The molecule has 1 heterocycles. The lowest BCUT2D eigenvalue weighted by molar-refractivity contribution is -0.142. The fourth-order valence-corrected chi connectivity index (χ4v) is 2.84. The summed E-state index contributed by atoms with van der Waals surface area (Å²) in [5.74, 6) is -0.631. The number of nitrogens with one attached hydrogen (secondary N) is 1. The van der Waals surface area contributed by atoms with Crippen LogP contribution in [0.3, 0.4) is 0 Å². The van der Waals surface area contributed by atoms with Gasteiger partial charge >= 0.3 is 6.18 Å². The molecule has 1 N–H and O–H groups in total. The topological polar surface area (TPSA) is 49.4 Å². The number of hydrogen-bond donors (Lipinski definition) is 1. The number of carbonyl (C=O) groups is 2. The number of alkyl halides is 3. The smallest absolute Gasteiger partial charge is 0.341 e. The van der Waals surface area contributed by atoms with E-state index in [4.69, 9.17) is 0 Å². The van der Waals surface area contributed by atoms with Crippen LogP contribution >= 0.6 is 0 Å². The first-order chi connectivity index (χ1) is 11.5. The Bertz CT molecular complexity index is 633. The molecule has 138 valence electrons. The van der Waals surface area contributed by atoms with Crippen molar-refractivity contribution in [3.8, 4) is 0 Å². The van der Waals surface area contributed by atoms with Gasteiger partial charge in [0.2, 0.25) is 11.8 Å². The summed E-state index contributed by atoms with van der Waals surface area (Å²) in [5.41, 5.74) is -0.950. The van der Waals surface area contributed by atoms with Crippen molar-refractivity contribution in [2.45, 2.75) is 39.8 Å². The number of anilines is 1. The maximum atomic E-state index is 12.6. The van der Waals surface area contributed by atoms with Gasteiger partial charge in [-0.25, -0.2) is 0 Å². The molecule has 1 aromatic rings. The van der Waals surface area contributed by atoms with E-state index in [2.05, 4.69) is 5.32 Å². The Morgan fingerprint density at radius 2 is 1.72 bits per heavy atom. The minimum atomic E-state index is -4.40. The first-order valence-electron chi connectivity index (χ1n) is 8.26. The van der Waals surface area contributed by atoms with Gasteiger partial charge in [0.25, 0.3) is 0 Å². The molecule has 1 unspecified atom stereocenters. The average molecular weight is 356 g/mol. The molecule has 0 aliphatic carbocycles. The Kier molecular flexibility index (Phi) is 5.44. The minimum Gasteiger partial charge on any atom is -0.341 e. The normalized spacial score (nSPS) is 18.8. The summed E-state index contributed by atoms with van der Waals surface area (Å²) in [6, 6.07) is 4.35. The van der Waals surface area contributed by atoms with Gasteiger partial charge in [0, 0.05) is 24.2 Å². The van der Waals surface area contributed by atoms with Gasteiger partial charge < -0.3 is 10.2 Å². The van der Waals surface area contributed by atoms with Crippen molar-refractivity contribution < 1.29 is 22.8 Å². The van der Waals surface area contributed by atoms with Crippen molar-refractivity contribution in [1.82, 2.24) is 4.90 Å². The fraction of sp³-hybridized carbons (Fsp3) is 0.556. The highest BCUT2D eigenvalue weighted by Gasteiger charge is 2.33. The number of benzene rings is 1. The number of nitrogens with zero attached hydrogens (tertiary/aromatic N) is 1. The number of rotatable bonds is 2. The van der Waals surface area contributed by atoms with Crippen LogP contribution < -0.4 is 5.32 Å². The Hall–Kier alpha value is -2.05. The molecule has 1 fully saturated rings. The zero-order chi connectivity index (χ0) is 18.8. The molecular weight excluding hydrogens is 333 g/mol.